The zero-order valence-corrected chi connectivity index (χ0v) is 8.44. The Morgan fingerprint density at radius 1 is 0.688 bits per heavy atom. The van der Waals surface area contributed by atoms with E-state index in [0.717, 1.165) is 21.7 Å². The van der Waals surface area contributed by atoms with Crippen molar-refractivity contribution in [3.05, 3.63) is 49.1 Å². The van der Waals surface area contributed by atoms with Crippen molar-refractivity contribution in [1.29, 1.82) is 0 Å². The van der Waals surface area contributed by atoms with E-state index < -0.39 is 0 Å². The van der Waals surface area contributed by atoms with Crippen LogP contribution in [0.15, 0.2) is 58.0 Å². The van der Waals surface area contributed by atoms with Gasteiger partial charge in [-0.3, -0.25) is 0 Å². The first kappa shape index (κ1) is 7.99. The third-order valence-corrected chi connectivity index (χ3v) is 3.00. The number of hydrogen-bond donors (Lipinski definition) is 0. The summed E-state index contributed by atoms with van der Waals surface area (Å²) in [6.45, 7) is 0. The Balaban J connectivity index is 2.26. The van der Waals surface area contributed by atoms with Crippen LogP contribution in [0.1, 0.15) is 0 Å². The first-order valence-electron chi connectivity index (χ1n) is 5.17. The van der Waals surface area contributed by atoms with Gasteiger partial charge in [-0.15, -0.1) is 0 Å². The van der Waals surface area contributed by atoms with Crippen molar-refractivity contribution in [3.8, 4) is 0 Å². The first-order valence-corrected chi connectivity index (χ1v) is 5.17. The molecule has 4 rings (SSSR count). The summed E-state index contributed by atoms with van der Waals surface area (Å²) in [6.07, 6.45) is 5.26. The normalized spacial score (nSPS) is 11.8. The van der Waals surface area contributed by atoms with Crippen molar-refractivity contribution in [3.63, 3.8) is 0 Å². The average molecular weight is 208 g/mol. The van der Waals surface area contributed by atoms with Crippen LogP contribution in [0.4, 0.5) is 0 Å². The topological polar surface area (TPSA) is 26.3 Å². The van der Waals surface area contributed by atoms with Crippen LogP contribution in [0, 0.1) is 0 Å². The maximum Gasteiger partial charge on any atom is 0.134 e. The molecular formula is C14H8O2. The van der Waals surface area contributed by atoms with Gasteiger partial charge in [0.2, 0.25) is 0 Å². The Kier molecular flexibility index (Phi) is 1.33. The van der Waals surface area contributed by atoms with E-state index in [-0.39, 0.29) is 0 Å². The van der Waals surface area contributed by atoms with E-state index in [1.54, 1.807) is 18.8 Å². The molecule has 0 saturated heterocycles. The quantitative estimate of drug-likeness (QED) is 0.430. The molecule has 0 fully saturated rings. The van der Waals surface area contributed by atoms with Gasteiger partial charge in [0.15, 0.2) is 0 Å². The largest absolute Gasteiger partial charge is 0.471 e. The lowest BCUT2D eigenvalue weighted by molar-refractivity contribution is 0.572. The van der Waals surface area contributed by atoms with E-state index in [2.05, 4.69) is 24.3 Å². The summed E-state index contributed by atoms with van der Waals surface area (Å²) in [5, 5.41) is 5.78. The summed E-state index contributed by atoms with van der Waals surface area (Å²) in [4.78, 5) is 0. The zero-order valence-electron chi connectivity index (χ0n) is 8.44. The van der Waals surface area contributed by atoms with Gasteiger partial charge in [-0.05, 0) is 41.1 Å². The molecule has 2 aromatic heterocycles. The molecule has 76 valence electrons. The lowest BCUT2D eigenvalue weighted by Gasteiger charge is -1.98. The minimum absolute atomic E-state index is 0.926. The van der Waals surface area contributed by atoms with E-state index in [0.29, 0.717) is 0 Å². The maximum atomic E-state index is 5.40. The van der Waals surface area contributed by atoms with Crippen LogP contribution in [-0.2, 0) is 0 Å². The monoisotopic (exact) mass is 208 g/mol. The molecule has 0 atom stereocenters. The van der Waals surface area contributed by atoms with E-state index >= 15 is 0 Å². The molecule has 0 amide bonds. The Hall–Kier alpha value is -2.22. The Morgan fingerprint density at radius 3 is 2.19 bits per heavy atom. The minimum Gasteiger partial charge on any atom is -0.471 e. The molecule has 0 spiro atoms. The SMILES string of the molecule is c1cc2cc3cc4cocc4cc3cc2o1. The molecular weight excluding hydrogens is 200 g/mol. The van der Waals surface area contributed by atoms with Crippen LogP contribution in [0.5, 0.6) is 0 Å². The standard InChI is InChI=1S/C14H8O2/c1-2-16-14-6-11-5-13-8-15-7-12(13)4-10(11)3-9(1)14/h1-8H. The van der Waals surface area contributed by atoms with Crippen LogP contribution >= 0.6 is 0 Å². The van der Waals surface area contributed by atoms with Gasteiger partial charge in [0.25, 0.3) is 0 Å². The van der Waals surface area contributed by atoms with Gasteiger partial charge < -0.3 is 8.83 Å². The molecule has 0 unspecified atom stereocenters. The number of benzene rings is 2. The van der Waals surface area contributed by atoms with Crippen LogP contribution in [0.25, 0.3) is 32.5 Å². The molecule has 2 heterocycles. The van der Waals surface area contributed by atoms with E-state index in [1.165, 1.54) is 10.8 Å². The molecule has 16 heavy (non-hydrogen) atoms. The number of rotatable bonds is 0. The highest BCUT2D eigenvalue weighted by atomic mass is 16.3. The van der Waals surface area contributed by atoms with Crippen LogP contribution in [-0.4, -0.2) is 0 Å². The molecule has 0 radical (unpaired) electrons. The van der Waals surface area contributed by atoms with Gasteiger partial charge in [-0.2, -0.15) is 0 Å². The van der Waals surface area contributed by atoms with Crippen molar-refractivity contribution in [1.82, 2.24) is 0 Å². The van der Waals surface area contributed by atoms with Gasteiger partial charge in [-0.25, -0.2) is 0 Å². The molecule has 0 aliphatic rings. The fraction of sp³-hybridized carbons (Fsp3) is 0. The molecule has 0 saturated carbocycles. The van der Waals surface area contributed by atoms with E-state index in [4.69, 9.17) is 8.83 Å². The lowest BCUT2D eigenvalue weighted by Crippen LogP contribution is -1.73. The summed E-state index contributed by atoms with van der Waals surface area (Å²) >= 11 is 0. The summed E-state index contributed by atoms with van der Waals surface area (Å²) < 4.78 is 10.6. The van der Waals surface area contributed by atoms with E-state index in [9.17, 15) is 0 Å². The van der Waals surface area contributed by atoms with Crippen molar-refractivity contribution in [2.45, 2.75) is 0 Å². The maximum absolute atomic E-state index is 5.40. The summed E-state index contributed by atoms with van der Waals surface area (Å²) in [5.41, 5.74) is 0.926. The van der Waals surface area contributed by atoms with Gasteiger partial charge in [0.05, 0.1) is 18.8 Å². The smallest absolute Gasteiger partial charge is 0.134 e. The lowest BCUT2D eigenvalue weighted by atomic mass is 10.1. The van der Waals surface area contributed by atoms with Crippen LogP contribution < -0.4 is 0 Å². The van der Waals surface area contributed by atoms with Crippen LogP contribution in [0.2, 0.25) is 0 Å². The molecule has 0 aliphatic heterocycles. The third kappa shape index (κ3) is 0.959. The molecule has 4 aromatic rings. The Labute approximate surface area is 91.1 Å². The molecule has 0 aliphatic carbocycles. The second-order valence-corrected chi connectivity index (χ2v) is 4.01. The highest BCUT2D eigenvalue weighted by Crippen LogP contribution is 2.28. The predicted molar refractivity (Wildman–Crippen MR) is 63.5 cm³/mol. The Morgan fingerprint density at radius 2 is 1.38 bits per heavy atom. The second-order valence-electron chi connectivity index (χ2n) is 4.01. The van der Waals surface area contributed by atoms with E-state index in [1.807, 2.05) is 6.07 Å². The predicted octanol–water partition coefficient (Wildman–Crippen LogP) is 4.33. The van der Waals surface area contributed by atoms with Gasteiger partial charge in [-0.1, -0.05) is 0 Å². The highest BCUT2D eigenvalue weighted by Gasteiger charge is 2.03. The molecule has 2 nitrogen and oxygen atoms in total. The molecule has 2 heteroatoms. The molecule has 0 N–H and O–H groups in total. The minimum atomic E-state index is 0.926. The number of furan rings is 2. The average Bonchev–Trinajstić information content (AvgIpc) is 2.89. The highest BCUT2D eigenvalue weighted by molar-refractivity contribution is 6.03. The second kappa shape index (κ2) is 2.67. The summed E-state index contributed by atoms with van der Waals surface area (Å²) in [5.74, 6) is 0. The molecule has 2 aromatic carbocycles. The third-order valence-electron chi connectivity index (χ3n) is 3.00. The van der Waals surface area contributed by atoms with Crippen molar-refractivity contribution >= 4 is 32.5 Å². The van der Waals surface area contributed by atoms with Crippen molar-refractivity contribution in [2.24, 2.45) is 0 Å². The fourth-order valence-corrected chi connectivity index (χ4v) is 2.18. The fourth-order valence-electron chi connectivity index (χ4n) is 2.18. The number of hydrogen-bond acceptors (Lipinski definition) is 2. The van der Waals surface area contributed by atoms with Gasteiger partial charge in [0.1, 0.15) is 5.58 Å². The first-order chi connectivity index (χ1) is 7.90. The summed E-state index contributed by atoms with van der Waals surface area (Å²) in [6, 6.07) is 10.4. The molecule has 0 bridgehead atoms. The van der Waals surface area contributed by atoms with Gasteiger partial charge in [0, 0.05) is 16.2 Å². The number of fused-ring (bicyclic) bond motifs is 3. The zero-order chi connectivity index (χ0) is 10.5. The van der Waals surface area contributed by atoms with Crippen molar-refractivity contribution in [2.75, 3.05) is 0 Å². The Bertz CT molecular complexity index is 675. The van der Waals surface area contributed by atoms with Crippen LogP contribution in [0.3, 0.4) is 0 Å². The van der Waals surface area contributed by atoms with Crippen molar-refractivity contribution < 1.29 is 8.83 Å². The van der Waals surface area contributed by atoms with Gasteiger partial charge >= 0.3 is 0 Å². The summed E-state index contributed by atoms with van der Waals surface area (Å²) in [7, 11) is 0.